The molecule has 0 radical (unpaired) electrons. The number of carbonyl (C=O) groups excluding carboxylic acids is 1. The number of esters is 1. The van der Waals surface area contributed by atoms with Crippen LogP contribution >= 0.6 is 0 Å². The predicted octanol–water partition coefficient (Wildman–Crippen LogP) is 0.289. The molecule has 5 heteroatoms. The van der Waals surface area contributed by atoms with Crippen molar-refractivity contribution < 1.29 is 14.6 Å². The van der Waals surface area contributed by atoms with Gasteiger partial charge in [0.05, 0.1) is 26.3 Å². The molecule has 15 heavy (non-hydrogen) atoms. The fourth-order valence-corrected chi connectivity index (χ4v) is 1.38. The lowest BCUT2D eigenvalue weighted by atomic mass is 10.2. The third-order valence-electron chi connectivity index (χ3n) is 2.34. The number of hydrogen-bond donors (Lipinski definition) is 1. The summed E-state index contributed by atoms with van der Waals surface area (Å²) in [5.74, 6) is -0.242. The van der Waals surface area contributed by atoms with E-state index in [1.807, 2.05) is 6.92 Å². The summed E-state index contributed by atoms with van der Waals surface area (Å²) in [6.45, 7) is 2.56. The summed E-state index contributed by atoms with van der Waals surface area (Å²) >= 11 is 0. The lowest BCUT2D eigenvalue weighted by molar-refractivity contribution is -0.140. The molecule has 0 aliphatic rings. The molecule has 0 aliphatic carbocycles. The average Bonchev–Trinajstić information content (AvgIpc) is 2.58. The fraction of sp³-hybridized carbons (Fsp3) is 0.600. The van der Waals surface area contributed by atoms with Gasteiger partial charge in [-0.05, 0) is 18.9 Å². The molecule has 0 spiro atoms. The van der Waals surface area contributed by atoms with Crippen LogP contribution in [0.5, 0.6) is 0 Å². The van der Waals surface area contributed by atoms with Gasteiger partial charge < -0.3 is 9.84 Å². The molecular formula is C10H16N2O3. The van der Waals surface area contributed by atoms with Crippen molar-refractivity contribution in [2.75, 3.05) is 13.7 Å². The largest absolute Gasteiger partial charge is 0.469 e. The molecular weight excluding hydrogens is 196 g/mol. The summed E-state index contributed by atoms with van der Waals surface area (Å²) in [6.07, 6.45) is 2.64. The molecule has 0 saturated carbocycles. The van der Waals surface area contributed by atoms with Crippen LogP contribution < -0.4 is 0 Å². The van der Waals surface area contributed by atoms with E-state index in [4.69, 9.17) is 5.11 Å². The maximum Gasteiger partial charge on any atom is 0.307 e. The molecule has 0 atom stereocenters. The van der Waals surface area contributed by atoms with Gasteiger partial charge in [0.25, 0.3) is 0 Å². The topological polar surface area (TPSA) is 64.4 Å². The number of aliphatic hydroxyl groups excluding tert-OH is 1. The smallest absolute Gasteiger partial charge is 0.307 e. The van der Waals surface area contributed by atoms with E-state index in [1.165, 1.54) is 7.11 Å². The Labute approximate surface area is 88.7 Å². The third-order valence-corrected chi connectivity index (χ3v) is 2.34. The Balaban J connectivity index is 2.58. The van der Waals surface area contributed by atoms with Crippen molar-refractivity contribution in [2.45, 2.75) is 26.3 Å². The van der Waals surface area contributed by atoms with Crippen LogP contribution in [0.1, 0.15) is 17.7 Å². The number of nitrogens with zero attached hydrogens (tertiary/aromatic N) is 2. The van der Waals surface area contributed by atoms with Gasteiger partial charge in [-0.15, -0.1) is 0 Å². The molecule has 0 unspecified atom stereocenters. The third kappa shape index (κ3) is 3.06. The molecule has 1 N–H and O–H groups in total. The van der Waals surface area contributed by atoms with Gasteiger partial charge in [0.2, 0.25) is 0 Å². The Morgan fingerprint density at radius 3 is 3.00 bits per heavy atom. The van der Waals surface area contributed by atoms with Crippen molar-refractivity contribution in [3.63, 3.8) is 0 Å². The summed E-state index contributed by atoms with van der Waals surface area (Å²) in [6, 6.07) is 0. The maximum absolute atomic E-state index is 10.9. The Bertz CT molecular complexity index is 333. The monoisotopic (exact) mass is 212 g/mol. The summed E-state index contributed by atoms with van der Waals surface area (Å²) in [4.78, 5) is 10.9. The fourth-order valence-electron chi connectivity index (χ4n) is 1.38. The zero-order valence-corrected chi connectivity index (χ0v) is 9.06. The predicted molar refractivity (Wildman–Crippen MR) is 54.4 cm³/mol. The van der Waals surface area contributed by atoms with E-state index < -0.39 is 0 Å². The Morgan fingerprint density at radius 1 is 1.67 bits per heavy atom. The summed E-state index contributed by atoms with van der Waals surface area (Å²) in [5, 5.41) is 12.9. The summed E-state index contributed by atoms with van der Waals surface area (Å²) in [7, 11) is 1.37. The van der Waals surface area contributed by atoms with Gasteiger partial charge in [0.15, 0.2) is 0 Å². The lowest BCUT2D eigenvalue weighted by Gasteiger charge is -2.04. The number of hydrogen-bond acceptors (Lipinski definition) is 4. The van der Waals surface area contributed by atoms with Gasteiger partial charge in [0.1, 0.15) is 0 Å². The van der Waals surface area contributed by atoms with Crippen LogP contribution in [0.2, 0.25) is 0 Å². The highest BCUT2D eigenvalue weighted by molar-refractivity contribution is 5.68. The van der Waals surface area contributed by atoms with Crippen LogP contribution in [0.15, 0.2) is 6.20 Å². The number of aliphatic hydroxyl groups is 1. The highest BCUT2D eigenvalue weighted by atomic mass is 16.5. The first kappa shape index (κ1) is 11.7. The highest BCUT2D eigenvalue weighted by Crippen LogP contribution is 2.08. The maximum atomic E-state index is 10.9. The quantitative estimate of drug-likeness (QED) is 0.712. The number of carbonyl (C=O) groups is 1. The highest BCUT2D eigenvalue weighted by Gasteiger charge is 2.07. The first-order chi connectivity index (χ1) is 7.19. The van der Waals surface area contributed by atoms with E-state index in [1.54, 1.807) is 10.9 Å². The summed E-state index contributed by atoms with van der Waals surface area (Å²) in [5.41, 5.74) is 2.01. The van der Waals surface area contributed by atoms with Gasteiger partial charge in [-0.1, -0.05) is 0 Å². The molecule has 0 aromatic carbocycles. The van der Waals surface area contributed by atoms with Gasteiger partial charge in [-0.3, -0.25) is 9.48 Å². The lowest BCUT2D eigenvalue weighted by Crippen LogP contribution is -2.09. The molecule has 0 aliphatic heterocycles. The van der Waals surface area contributed by atoms with E-state index in [9.17, 15) is 4.79 Å². The zero-order chi connectivity index (χ0) is 11.3. The normalized spacial score (nSPS) is 10.3. The first-order valence-corrected chi connectivity index (χ1v) is 4.88. The van der Waals surface area contributed by atoms with E-state index in [0.717, 1.165) is 11.3 Å². The van der Waals surface area contributed by atoms with Gasteiger partial charge >= 0.3 is 5.97 Å². The van der Waals surface area contributed by atoms with Gasteiger partial charge in [-0.25, -0.2) is 0 Å². The standard InChI is InChI=1S/C10H16N2O3/c1-8-9(4-6-13)7-11-12(8)5-3-10(14)15-2/h7,13H,3-6H2,1-2H3. The van der Waals surface area contributed by atoms with Crippen molar-refractivity contribution in [3.05, 3.63) is 17.5 Å². The molecule has 0 amide bonds. The Morgan fingerprint density at radius 2 is 2.40 bits per heavy atom. The van der Waals surface area contributed by atoms with Crippen molar-refractivity contribution in [1.29, 1.82) is 0 Å². The molecule has 0 fully saturated rings. The van der Waals surface area contributed by atoms with E-state index in [0.29, 0.717) is 19.4 Å². The zero-order valence-electron chi connectivity index (χ0n) is 9.06. The number of ether oxygens (including phenoxy) is 1. The second kappa shape index (κ2) is 5.50. The minimum absolute atomic E-state index is 0.115. The Hall–Kier alpha value is -1.36. The Kier molecular flexibility index (Phi) is 4.30. The molecule has 1 aromatic rings. The molecule has 1 rings (SSSR count). The number of methoxy groups -OCH3 is 1. The molecule has 1 heterocycles. The number of aromatic nitrogens is 2. The minimum atomic E-state index is -0.242. The van der Waals surface area contributed by atoms with E-state index in [2.05, 4.69) is 9.84 Å². The minimum Gasteiger partial charge on any atom is -0.469 e. The van der Waals surface area contributed by atoms with Crippen LogP contribution in [0.4, 0.5) is 0 Å². The molecule has 0 bridgehead atoms. The van der Waals surface area contributed by atoms with Crippen molar-refractivity contribution in [3.8, 4) is 0 Å². The molecule has 5 nitrogen and oxygen atoms in total. The van der Waals surface area contributed by atoms with Crippen LogP contribution in [-0.2, 0) is 22.5 Å². The molecule has 0 saturated heterocycles. The van der Waals surface area contributed by atoms with Crippen LogP contribution in [-0.4, -0.2) is 34.6 Å². The van der Waals surface area contributed by atoms with Crippen molar-refractivity contribution >= 4 is 5.97 Å². The molecule has 1 aromatic heterocycles. The second-order valence-corrected chi connectivity index (χ2v) is 3.28. The number of rotatable bonds is 5. The van der Waals surface area contributed by atoms with Crippen LogP contribution in [0, 0.1) is 6.92 Å². The summed E-state index contributed by atoms with van der Waals surface area (Å²) < 4.78 is 6.30. The molecule has 84 valence electrons. The van der Waals surface area contributed by atoms with Crippen LogP contribution in [0.3, 0.4) is 0 Å². The average molecular weight is 212 g/mol. The second-order valence-electron chi connectivity index (χ2n) is 3.28. The SMILES string of the molecule is COC(=O)CCn1ncc(CCO)c1C. The number of aryl methyl sites for hydroxylation is 1. The van der Waals surface area contributed by atoms with Crippen LogP contribution in [0.25, 0.3) is 0 Å². The van der Waals surface area contributed by atoms with Crippen molar-refractivity contribution in [1.82, 2.24) is 9.78 Å². The van der Waals surface area contributed by atoms with Crippen molar-refractivity contribution in [2.24, 2.45) is 0 Å². The first-order valence-electron chi connectivity index (χ1n) is 4.88. The van der Waals surface area contributed by atoms with E-state index in [-0.39, 0.29) is 12.6 Å². The van der Waals surface area contributed by atoms with Gasteiger partial charge in [-0.2, -0.15) is 5.10 Å². The van der Waals surface area contributed by atoms with Gasteiger partial charge in [0, 0.05) is 12.3 Å². The van der Waals surface area contributed by atoms with E-state index >= 15 is 0 Å².